The Morgan fingerprint density at radius 3 is 2.62 bits per heavy atom. The van der Waals surface area contributed by atoms with E-state index < -0.39 is 12.1 Å². The average Bonchev–Trinajstić information content (AvgIpc) is 3.08. The molecule has 3 heterocycles. The van der Waals surface area contributed by atoms with Crippen LogP contribution >= 0.6 is 0 Å². The summed E-state index contributed by atoms with van der Waals surface area (Å²) in [7, 11) is 0. The molecule has 2 aliphatic rings. The van der Waals surface area contributed by atoms with Crippen LogP contribution < -0.4 is 0 Å². The average molecular weight is 371 g/mol. The number of fused-ring (bicyclic) bond motifs is 1. The Kier molecular flexibility index (Phi) is 5.30. The number of carboxylic acids is 1. The molecule has 1 aliphatic heterocycles. The van der Waals surface area contributed by atoms with Crippen LogP contribution in [-0.4, -0.2) is 54.6 Å². The first-order chi connectivity index (χ1) is 12.3. The summed E-state index contributed by atoms with van der Waals surface area (Å²) < 4.78 is 36.1. The fourth-order valence-electron chi connectivity index (χ4n) is 2.88. The second-order valence-electron chi connectivity index (χ2n) is 6.50. The van der Waals surface area contributed by atoms with Crippen molar-refractivity contribution in [3.05, 3.63) is 36.2 Å². The number of nitrogens with zero attached hydrogens (tertiary/aromatic N) is 5. The van der Waals surface area contributed by atoms with Gasteiger partial charge in [0, 0.05) is 32.0 Å². The second kappa shape index (κ2) is 7.48. The molecule has 0 amide bonds. The first-order valence-corrected chi connectivity index (χ1v) is 8.36. The number of halogens is 3. The van der Waals surface area contributed by atoms with Gasteiger partial charge in [-0.15, -0.1) is 0 Å². The van der Waals surface area contributed by atoms with E-state index in [-0.39, 0.29) is 0 Å². The van der Waals surface area contributed by atoms with E-state index in [1.807, 2.05) is 29.3 Å². The molecule has 26 heavy (non-hydrogen) atoms. The molecule has 2 aromatic heterocycles. The standard InChI is InChI=1S/C14H19N5.C2HF3O2/c1-4-16-18(5-1)10-13-8-15-14-11-17(6-7-19(13)14)9-12-2-3-12;3-2(4,5)1(6)7/h1,4-5,8,12H,2-3,6-7,9-11H2;(H,6,7). The van der Waals surface area contributed by atoms with Crippen molar-refractivity contribution in [3.8, 4) is 0 Å². The molecular formula is C16H20F3N5O2. The second-order valence-corrected chi connectivity index (χ2v) is 6.50. The highest BCUT2D eigenvalue weighted by Crippen LogP contribution is 2.30. The number of hydrogen-bond acceptors (Lipinski definition) is 4. The Morgan fingerprint density at radius 2 is 2.04 bits per heavy atom. The van der Waals surface area contributed by atoms with Gasteiger partial charge >= 0.3 is 12.1 Å². The summed E-state index contributed by atoms with van der Waals surface area (Å²) in [6.45, 7) is 5.32. The topological polar surface area (TPSA) is 76.2 Å². The summed E-state index contributed by atoms with van der Waals surface area (Å²) in [4.78, 5) is 16.0. The van der Waals surface area contributed by atoms with Crippen LogP contribution in [0.25, 0.3) is 0 Å². The number of hydrogen-bond donors (Lipinski definition) is 1. The van der Waals surface area contributed by atoms with Crippen molar-refractivity contribution < 1.29 is 23.1 Å². The van der Waals surface area contributed by atoms with E-state index in [0.717, 1.165) is 32.1 Å². The van der Waals surface area contributed by atoms with Crippen molar-refractivity contribution in [1.29, 1.82) is 0 Å². The minimum atomic E-state index is -5.08. The molecule has 0 bridgehead atoms. The number of carboxylic acid groups (broad SMARTS) is 1. The number of rotatable bonds is 4. The van der Waals surface area contributed by atoms with Gasteiger partial charge in [-0.05, 0) is 24.8 Å². The number of alkyl halides is 3. The molecule has 1 N–H and O–H groups in total. The van der Waals surface area contributed by atoms with Crippen LogP contribution in [0, 0.1) is 5.92 Å². The largest absolute Gasteiger partial charge is 0.490 e. The van der Waals surface area contributed by atoms with Crippen molar-refractivity contribution in [2.45, 2.75) is 38.7 Å². The number of aromatic nitrogens is 4. The predicted molar refractivity (Wildman–Crippen MR) is 85.2 cm³/mol. The van der Waals surface area contributed by atoms with E-state index in [2.05, 4.69) is 19.5 Å². The lowest BCUT2D eigenvalue weighted by Gasteiger charge is -2.28. The lowest BCUT2D eigenvalue weighted by atomic mass is 10.3. The van der Waals surface area contributed by atoms with E-state index >= 15 is 0 Å². The molecule has 0 atom stereocenters. The van der Waals surface area contributed by atoms with Crippen LogP contribution in [0.3, 0.4) is 0 Å². The Hall–Kier alpha value is -2.36. The first kappa shape index (κ1) is 18.4. The predicted octanol–water partition coefficient (Wildman–Crippen LogP) is 1.99. The van der Waals surface area contributed by atoms with Gasteiger partial charge in [0.2, 0.25) is 0 Å². The number of aliphatic carboxylic acids is 1. The van der Waals surface area contributed by atoms with Gasteiger partial charge in [-0.25, -0.2) is 9.78 Å². The first-order valence-electron chi connectivity index (χ1n) is 8.36. The molecule has 0 radical (unpaired) electrons. The third-order valence-electron chi connectivity index (χ3n) is 4.36. The van der Waals surface area contributed by atoms with Crippen molar-refractivity contribution >= 4 is 5.97 Å². The lowest BCUT2D eigenvalue weighted by molar-refractivity contribution is -0.192. The van der Waals surface area contributed by atoms with Crippen LogP contribution in [-0.2, 0) is 24.4 Å². The summed E-state index contributed by atoms with van der Waals surface area (Å²) in [5.74, 6) is -0.577. The molecule has 4 rings (SSSR count). The maximum Gasteiger partial charge on any atom is 0.490 e. The summed E-state index contributed by atoms with van der Waals surface area (Å²) in [6, 6.07) is 1.96. The molecule has 1 fully saturated rings. The third-order valence-corrected chi connectivity index (χ3v) is 4.36. The molecule has 1 aliphatic carbocycles. The molecular weight excluding hydrogens is 351 g/mol. The summed E-state index contributed by atoms with van der Waals surface area (Å²) in [6.07, 6.45) is 3.61. The monoisotopic (exact) mass is 371 g/mol. The van der Waals surface area contributed by atoms with Crippen molar-refractivity contribution in [2.24, 2.45) is 5.92 Å². The zero-order valence-electron chi connectivity index (χ0n) is 14.1. The molecule has 7 nitrogen and oxygen atoms in total. The fourth-order valence-corrected chi connectivity index (χ4v) is 2.88. The Balaban J connectivity index is 0.000000242. The Labute approximate surface area is 148 Å². The zero-order chi connectivity index (χ0) is 18.7. The van der Waals surface area contributed by atoms with Gasteiger partial charge in [0.1, 0.15) is 5.82 Å². The van der Waals surface area contributed by atoms with Gasteiger partial charge in [-0.2, -0.15) is 18.3 Å². The molecule has 0 aromatic carbocycles. The smallest absolute Gasteiger partial charge is 0.475 e. The van der Waals surface area contributed by atoms with E-state index in [1.54, 1.807) is 0 Å². The minimum Gasteiger partial charge on any atom is -0.475 e. The summed E-state index contributed by atoms with van der Waals surface area (Å²) in [5.41, 5.74) is 1.27. The lowest BCUT2D eigenvalue weighted by Crippen LogP contribution is -2.35. The van der Waals surface area contributed by atoms with Gasteiger partial charge < -0.3 is 9.67 Å². The molecule has 1 saturated carbocycles. The molecule has 0 spiro atoms. The highest BCUT2D eigenvalue weighted by molar-refractivity contribution is 5.73. The maximum absolute atomic E-state index is 10.6. The van der Waals surface area contributed by atoms with Crippen molar-refractivity contribution in [2.75, 3.05) is 13.1 Å². The molecule has 2 aromatic rings. The molecule has 10 heteroatoms. The van der Waals surface area contributed by atoms with Gasteiger partial charge in [0.05, 0.1) is 25.0 Å². The van der Waals surface area contributed by atoms with Crippen LogP contribution in [0.2, 0.25) is 0 Å². The Morgan fingerprint density at radius 1 is 1.31 bits per heavy atom. The number of carbonyl (C=O) groups is 1. The molecule has 142 valence electrons. The van der Waals surface area contributed by atoms with E-state index in [1.165, 1.54) is 30.9 Å². The van der Waals surface area contributed by atoms with Crippen LogP contribution in [0.5, 0.6) is 0 Å². The normalized spacial score (nSPS) is 17.3. The van der Waals surface area contributed by atoms with Gasteiger partial charge in [-0.1, -0.05) is 0 Å². The highest BCUT2D eigenvalue weighted by Gasteiger charge is 2.38. The SMILES string of the molecule is O=C(O)C(F)(F)F.c1cnn(Cc2cnc3n2CCN(CC2CC2)C3)c1. The van der Waals surface area contributed by atoms with E-state index in [0.29, 0.717) is 0 Å². The maximum atomic E-state index is 10.6. The molecule has 0 unspecified atom stereocenters. The Bertz CT molecular complexity index is 738. The zero-order valence-corrected chi connectivity index (χ0v) is 14.1. The van der Waals surface area contributed by atoms with Crippen LogP contribution in [0.4, 0.5) is 13.2 Å². The van der Waals surface area contributed by atoms with Crippen molar-refractivity contribution in [3.63, 3.8) is 0 Å². The molecule has 0 saturated heterocycles. The highest BCUT2D eigenvalue weighted by atomic mass is 19.4. The summed E-state index contributed by atoms with van der Waals surface area (Å²) >= 11 is 0. The summed E-state index contributed by atoms with van der Waals surface area (Å²) in [5, 5.41) is 11.4. The van der Waals surface area contributed by atoms with E-state index in [4.69, 9.17) is 9.90 Å². The van der Waals surface area contributed by atoms with E-state index in [9.17, 15) is 13.2 Å². The number of imidazole rings is 1. The third kappa shape index (κ3) is 4.84. The quantitative estimate of drug-likeness (QED) is 0.890. The fraction of sp³-hybridized carbons (Fsp3) is 0.562. The van der Waals surface area contributed by atoms with Crippen LogP contribution in [0.15, 0.2) is 24.7 Å². The van der Waals surface area contributed by atoms with Gasteiger partial charge in [0.15, 0.2) is 0 Å². The van der Waals surface area contributed by atoms with Crippen LogP contribution in [0.1, 0.15) is 24.4 Å². The minimum absolute atomic E-state index is 0.822. The van der Waals surface area contributed by atoms with Crippen molar-refractivity contribution in [1.82, 2.24) is 24.2 Å². The van der Waals surface area contributed by atoms with Gasteiger partial charge in [0.25, 0.3) is 0 Å². The van der Waals surface area contributed by atoms with Gasteiger partial charge in [-0.3, -0.25) is 9.58 Å².